The number of ether oxygens (including phenoxy) is 1. The molecule has 1 aliphatic rings. The second-order valence-corrected chi connectivity index (χ2v) is 5.60. The Hall–Kier alpha value is -2.04. The van der Waals surface area contributed by atoms with Crippen LogP contribution in [0.15, 0.2) is 24.3 Å². The quantitative estimate of drug-likeness (QED) is 0.891. The van der Waals surface area contributed by atoms with Gasteiger partial charge in [-0.15, -0.1) is 0 Å². The average Bonchev–Trinajstić information content (AvgIpc) is 2.80. The highest BCUT2D eigenvalue weighted by Gasteiger charge is 2.31. The molecule has 1 heterocycles. The molecule has 1 saturated heterocycles. The second-order valence-electron chi connectivity index (χ2n) is 5.60. The normalized spacial score (nSPS) is 18.2. The maximum atomic E-state index is 12.1. The Morgan fingerprint density at radius 1 is 1.43 bits per heavy atom. The molecule has 0 aromatic heterocycles. The summed E-state index contributed by atoms with van der Waals surface area (Å²) >= 11 is 0. The smallest absolute Gasteiger partial charge is 0.225 e. The van der Waals surface area contributed by atoms with Gasteiger partial charge in [0, 0.05) is 24.6 Å². The number of rotatable bonds is 5. The number of carbonyl (C=O) groups excluding carboxylic acids is 2. The van der Waals surface area contributed by atoms with Crippen LogP contribution in [0.3, 0.4) is 0 Å². The number of likely N-dealkylation sites (tertiary alicyclic amines) is 1. The van der Waals surface area contributed by atoms with Crippen LogP contribution >= 0.6 is 0 Å². The summed E-state index contributed by atoms with van der Waals surface area (Å²) in [6, 6.07) is 7.54. The largest absolute Gasteiger partial charge is 0.496 e. The third-order valence-corrected chi connectivity index (χ3v) is 3.69. The Labute approximate surface area is 125 Å². The average molecular weight is 290 g/mol. The molecule has 0 radical (unpaired) electrons. The van der Waals surface area contributed by atoms with E-state index in [2.05, 4.69) is 5.32 Å². The molecular weight excluding hydrogens is 268 g/mol. The lowest BCUT2D eigenvalue weighted by molar-refractivity contribution is -0.129. The summed E-state index contributed by atoms with van der Waals surface area (Å²) < 4.78 is 5.24. The predicted octanol–water partition coefficient (Wildman–Crippen LogP) is 1.36. The maximum absolute atomic E-state index is 12.1. The first-order valence-corrected chi connectivity index (χ1v) is 7.22. The molecule has 5 heteroatoms. The molecule has 1 N–H and O–H groups in total. The molecular formula is C16H22N2O3. The van der Waals surface area contributed by atoms with Gasteiger partial charge in [-0.25, -0.2) is 0 Å². The zero-order chi connectivity index (χ0) is 15.4. The van der Waals surface area contributed by atoms with Gasteiger partial charge in [0.05, 0.1) is 19.6 Å². The van der Waals surface area contributed by atoms with Crippen LogP contribution in [0.2, 0.25) is 0 Å². The Kier molecular flexibility index (Phi) is 4.83. The van der Waals surface area contributed by atoms with Gasteiger partial charge in [-0.3, -0.25) is 9.59 Å². The van der Waals surface area contributed by atoms with E-state index < -0.39 is 0 Å². The monoisotopic (exact) mass is 290 g/mol. The summed E-state index contributed by atoms with van der Waals surface area (Å²) in [6.07, 6.45) is 0.645. The minimum absolute atomic E-state index is 0.0806. The van der Waals surface area contributed by atoms with E-state index >= 15 is 0 Å². The first-order chi connectivity index (χ1) is 10.0. The van der Waals surface area contributed by atoms with Crippen LogP contribution < -0.4 is 10.1 Å². The van der Waals surface area contributed by atoms with Crippen molar-refractivity contribution in [3.63, 3.8) is 0 Å². The molecule has 0 bridgehead atoms. The Morgan fingerprint density at radius 3 is 2.76 bits per heavy atom. The topological polar surface area (TPSA) is 58.6 Å². The van der Waals surface area contributed by atoms with Crippen LogP contribution in [-0.4, -0.2) is 42.5 Å². The summed E-state index contributed by atoms with van der Waals surface area (Å²) in [7, 11) is 1.59. The van der Waals surface area contributed by atoms with E-state index in [4.69, 9.17) is 4.74 Å². The lowest BCUT2D eigenvalue weighted by Gasteiger charge is -2.21. The lowest BCUT2D eigenvalue weighted by atomic mass is 10.1. The van der Waals surface area contributed by atoms with Crippen molar-refractivity contribution in [3.8, 4) is 5.75 Å². The first kappa shape index (κ1) is 15.4. The van der Waals surface area contributed by atoms with Gasteiger partial charge < -0.3 is 15.0 Å². The number of hydrogen-bond donors (Lipinski definition) is 1. The molecule has 2 rings (SSSR count). The minimum atomic E-state index is -0.0953. The van der Waals surface area contributed by atoms with E-state index in [0.29, 0.717) is 18.7 Å². The fraction of sp³-hybridized carbons (Fsp3) is 0.500. The molecule has 5 nitrogen and oxygen atoms in total. The van der Waals surface area contributed by atoms with E-state index in [9.17, 15) is 9.59 Å². The molecule has 0 spiro atoms. The zero-order valence-electron chi connectivity index (χ0n) is 12.8. The molecule has 1 aromatic rings. The van der Waals surface area contributed by atoms with Crippen molar-refractivity contribution in [2.24, 2.45) is 0 Å². The molecule has 0 saturated carbocycles. The highest BCUT2D eigenvalue weighted by Crippen LogP contribution is 2.18. The molecule has 0 aliphatic carbocycles. The van der Waals surface area contributed by atoms with Crippen molar-refractivity contribution >= 4 is 11.8 Å². The van der Waals surface area contributed by atoms with Crippen LogP contribution in [0.25, 0.3) is 0 Å². The van der Waals surface area contributed by atoms with Gasteiger partial charge in [-0.1, -0.05) is 18.2 Å². The van der Waals surface area contributed by atoms with Crippen molar-refractivity contribution in [3.05, 3.63) is 29.8 Å². The third kappa shape index (κ3) is 3.74. The number of hydrogen-bond acceptors (Lipinski definition) is 3. The summed E-state index contributed by atoms with van der Waals surface area (Å²) in [5, 5.41) is 2.94. The number of methoxy groups -OCH3 is 1. The number of benzene rings is 1. The minimum Gasteiger partial charge on any atom is -0.496 e. The van der Waals surface area contributed by atoms with Crippen LogP contribution in [-0.2, 0) is 16.0 Å². The van der Waals surface area contributed by atoms with Crippen molar-refractivity contribution in [1.82, 2.24) is 10.2 Å². The van der Waals surface area contributed by atoms with Gasteiger partial charge in [0.15, 0.2) is 0 Å². The van der Waals surface area contributed by atoms with Crippen molar-refractivity contribution in [2.75, 3.05) is 13.7 Å². The van der Waals surface area contributed by atoms with E-state index in [-0.39, 0.29) is 30.3 Å². The molecule has 1 aromatic carbocycles. The van der Waals surface area contributed by atoms with Gasteiger partial charge in [0.2, 0.25) is 11.8 Å². The number of para-hydroxylation sites is 1. The fourth-order valence-corrected chi connectivity index (χ4v) is 2.63. The summed E-state index contributed by atoms with van der Waals surface area (Å²) in [5.41, 5.74) is 0.850. The summed E-state index contributed by atoms with van der Waals surface area (Å²) in [6.45, 7) is 4.56. The van der Waals surface area contributed by atoms with Crippen LogP contribution in [0.4, 0.5) is 0 Å². The van der Waals surface area contributed by atoms with Crippen LogP contribution in [0.1, 0.15) is 25.8 Å². The van der Waals surface area contributed by atoms with Gasteiger partial charge in [0.25, 0.3) is 0 Å². The van der Waals surface area contributed by atoms with E-state index in [1.807, 2.05) is 38.1 Å². The van der Waals surface area contributed by atoms with Crippen LogP contribution in [0.5, 0.6) is 5.75 Å². The summed E-state index contributed by atoms with van der Waals surface area (Å²) in [5.74, 6) is 0.731. The molecule has 2 amide bonds. The van der Waals surface area contributed by atoms with Gasteiger partial charge in [0.1, 0.15) is 5.75 Å². The maximum Gasteiger partial charge on any atom is 0.225 e. The van der Waals surface area contributed by atoms with E-state index in [0.717, 1.165) is 5.56 Å². The SMILES string of the molecule is COc1ccccc1CC(=O)NC1CC(=O)N(C(C)C)C1. The highest BCUT2D eigenvalue weighted by atomic mass is 16.5. The molecule has 114 valence electrons. The predicted molar refractivity (Wildman–Crippen MR) is 80.1 cm³/mol. The Morgan fingerprint density at radius 2 is 2.14 bits per heavy atom. The van der Waals surface area contributed by atoms with Gasteiger partial charge in [-0.2, -0.15) is 0 Å². The fourth-order valence-electron chi connectivity index (χ4n) is 2.63. The number of carbonyl (C=O) groups is 2. The van der Waals surface area contributed by atoms with Crippen molar-refractivity contribution < 1.29 is 14.3 Å². The van der Waals surface area contributed by atoms with E-state index in [1.165, 1.54) is 0 Å². The third-order valence-electron chi connectivity index (χ3n) is 3.69. The number of nitrogens with zero attached hydrogens (tertiary/aromatic N) is 1. The standard InChI is InChI=1S/C16H22N2O3/c1-11(2)18-10-13(9-16(18)20)17-15(19)8-12-6-4-5-7-14(12)21-3/h4-7,11,13H,8-10H2,1-3H3,(H,17,19). The van der Waals surface area contributed by atoms with Gasteiger partial charge in [-0.05, 0) is 19.9 Å². The first-order valence-electron chi connectivity index (χ1n) is 7.22. The Bertz CT molecular complexity index is 528. The summed E-state index contributed by atoms with van der Waals surface area (Å²) in [4.78, 5) is 25.7. The molecule has 21 heavy (non-hydrogen) atoms. The highest BCUT2D eigenvalue weighted by molar-refractivity contribution is 5.83. The van der Waals surface area contributed by atoms with E-state index in [1.54, 1.807) is 12.0 Å². The number of amides is 2. The van der Waals surface area contributed by atoms with Crippen molar-refractivity contribution in [1.29, 1.82) is 0 Å². The van der Waals surface area contributed by atoms with Gasteiger partial charge >= 0.3 is 0 Å². The molecule has 1 aliphatic heterocycles. The van der Waals surface area contributed by atoms with Crippen LogP contribution in [0, 0.1) is 0 Å². The zero-order valence-corrected chi connectivity index (χ0v) is 12.8. The second kappa shape index (κ2) is 6.61. The number of nitrogens with one attached hydrogen (secondary N) is 1. The molecule has 1 atom stereocenters. The Balaban J connectivity index is 1.92. The van der Waals surface area contributed by atoms with Crippen molar-refractivity contribution in [2.45, 2.75) is 38.8 Å². The lowest BCUT2D eigenvalue weighted by Crippen LogP contribution is -2.39. The molecule has 1 unspecified atom stereocenters. The molecule has 1 fully saturated rings.